The molecule has 0 saturated heterocycles. The van der Waals surface area contributed by atoms with Crippen LogP contribution >= 0.6 is 0 Å². The van der Waals surface area contributed by atoms with E-state index in [0.717, 1.165) is 29.1 Å². The Kier molecular flexibility index (Phi) is 11.9. The monoisotopic (exact) mass is 480 g/mol. The Hall–Kier alpha value is -0.577. The zero-order valence-corrected chi connectivity index (χ0v) is 17.0. The number of para-hydroxylation sites is 4. The topological polar surface area (TPSA) is 57.4 Å². The molecule has 2 aromatic carbocycles. The first-order valence-corrected chi connectivity index (χ1v) is 8.51. The first-order valence-electron chi connectivity index (χ1n) is 6.05. The molecule has 4 nitrogen and oxygen atoms in total. The third kappa shape index (κ3) is 5.21. The van der Waals surface area contributed by atoms with Gasteiger partial charge in [0.2, 0.25) is 0 Å². The zero-order valence-electron chi connectivity index (χ0n) is 11.5. The van der Waals surface area contributed by atoms with Gasteiger partial charge in [-0.05, 0) is 0 Å². The molecule has 2 N–H and O–H groups in total. The van der Waals surface area contributed by atoms with Crippen molar-refractivity contribution in [2.45, 2.75) is 7.43 Å². The number of benzene rings is 2. The fraction of sp³-hybridized carbons (Fsp3) is 0.0667. The van der Waals surface area contributed by atoms with E-state index in [2.05, 4.69) is 32.1 Å². The number of fused-ring (bicyclic) bond motifs is 2. The summed E-state index contributed by atoms with van der Waals surface area (Å²) in [6.07, 6.45) is 0. The van der Waals surface area contributed by atoms with Crippen molar-refractivity contribution in [3.63, 3.8) is 0 Å². The molecule has 0 atom stereocenters. The third-order valence-corrected chi connectivity index (χ3v) is 5.34. The number of aromatic amines is 2. The molecule has 0 spiro atoms. The van der Waals surface area contributed by atoms with E-state index >= 15 is 0 Å². The summed E-state index contributed by atoms with van der Waals surface area (Å²) < 4.78 is 2.20. The molecule has 0 aliphatic rings. The van der Waals surface area contributed by atoms with Gasteiger partial charge in [-0.25, -0.2) is 0 Å². The number of H-pyrrole nitrogens is 2. The van der Waals surface area contributed by atoms with Crippen LogP contribution in [0.15, 0.2) is 48.5 Å². The minimum atomic E-state index is -0.993. The van der Waals surface area contributed by atoms with Crippen LogP contribution in [0.25, 0.3) is 22.1 Å². The van der Waals surface area contributed by atoms with Crippen LogP contribution in [0.4, 0.5) is 0 Å². The zero-order chi connectivity index (χ0) is 12.7. The second-order valence-corrected chi connectivity index (χ2v) is 7.27. The fourth-order valence-corrected chi connectivity index (χ4v) is 4.52. The Morgan fingerprint density at radius 1 is 0.625 bits per heavy atom. The quantitative estimate of drug-likeness (QED) is 0.298. The van der Waals surface area contributed by atoms with E-state index in [4.69, 9.17) is 0 Å². The van der Waals surface area contributed by atoms with Gasteiger partial charge in [0.1, 0.15) is 0 Å². The summed E-state index contributed by atoms with van der Waals surface area (Å²) in [4.78, 5) is 16.1. The van der Waals surface area contributed by atoms with Gasteiger partial charge >= 0.3 is 121 Å². The van der Waals surface area contributed by atoms with Crippen LogP contribution in [0.2, 0.25) is 0 Å². The first kappa shape index (κ1) is 25.7. The van der Waals surface area contributed by atoms with Crippen molar-refractivity contribution in [2.75, 3.05) is 0 Å². The van der Waals surface area contributed by atoms with E-state index in [1.165, 1.54) is 0 Å². The molecule has 0 aliphatic heterocycles. The van der Waals surface area contributed by atoms with Crippen molar-refractivity contribution in [3.05, 3.63) is 48.5 Å². The molecule has 0 radical (unpaired) electrons. The van der Waals surface area contributed by atoms with E-state index in [-0.39, 0.29) is 57.1 Å². The van der Waals surface area contributed by atoms with E-state index in [1.807, 2.05) is 36.4 Å². The van der Waals surface area contributed by atoms with Gasteiger partial charge in [0.15, 0.2) is 0 Å². The number of imidazole rings is 2. The van der Waals surface area contributed by atoms with Gasteiger partial charge in [0, 0.05) is 0 Å². The van der Waals surface area contributed by atoms with Gasteiger partial charge < -0.3 is 49.6 Å². The van der Waals surface area contributed by atoms with E-state index in [9.17, 15) is 0 Å². The van der Waals surface area contributed by atoms with Crippen molar-refractivity contribution in [1.29, 1.82) is 0 Å². The molecule has 4 rings (SSSR count). The van der Waals surface area contributed by atoms with Crippen LogP contribution in [-0.4, -0.2) is 19.9 Å². The predicted molar refractivity (Wildman–Crippen MR) is 78.2 cm³/mol. The average Bonchev–Trinajstić information content (AvgIpc) is 3.00. The summed E-state index contributed by atoms with van der Waals surface area (Å²) in [5.41, 5.74) is 4.29. The maximum atomic E-state index is 4.64. The molecular weight excluding hydrogens is 469 g/mol. The summed E-state index contributed by atoms with van der Waals surface area (Å²) >= 11 is -0.993. The van der Waals surface area contributed by atoms with Crippen LogP contribution in [0.3, 0.4) is 0 Å². The number of hydrogen-bond acceptors (Lipinski definition) is 2. The maximum absolute atomic E-state index is 4.64. The van der Waals surface area contributed by atoms with E-state index in [0.29, 0.717) is 0 Å². The molecule has 24 heavy (non-hydrogen) atoms. The Morgan fingerprint density at radius 2 is 1.00 bits per heavy atom. The molecule has 2 aromatic heterocycles. The summed E-state index contributed by atoms with van der Waals surface area (Å²) in [6, 6.07) is 16.3. The standard InChI is InChI=1S/2C7H5N2.CH4.4ClH.Zr/c2*1-2-4-7-6(3-1)8-5-9-7;;;;;;/h2*1-4H,(H,8,9);1H4;4*1H;/q;;;;;;;+4/p-4. The second-order valence-electron chi connectivity index (χ2n) is 4.33. The molecule has 2 heterocycles. The fourth-order valence-electron chi connectivity index (χ4n) is 2.14. The third-order valence-electron chi connectivity index (χ3n) is 3.02. The average molecular weight is 483 g/mol. The number of aromatic nitrogens is 4. The number of nitrogens with one attached hydrogen (secondary N) is 2. The van der Waals surface area contributed by atoms with Crippen LogP contribution < -0.4 is 56.7 Å². The number of rotatable bonds is 2. The van der Waals surface area contributed by atoms with Crippen LogP contribution in [0.1, 0.15) is 7.43 Å². The minimum absolute atomic E-state index is 0. The van der Waals surface area contributed by atoms with Gasteiger partial charge in [-0.1, -0.05) is 7.43 Å². The summed E-state index contributed by atoms with van der Waals surface area (Å²) in [6.45, 7) is 0. The molecule has 0 fully saturated rings. The predicted octanol–water partition coefficient (Wildman–Crippen LogP) is -9.88. The summed E-state index contributed by atoms with van der Waals surface area (Å²) in [5.74, 6) is 0. The van der Waals surface area contributed by atoms with E-state index < -0.39 is 23.2 Å². The van der Waals surface area contributed by atoms with Crippen molar-refractivity contribution in [3.8, 4) is 0 Å². The normalized spacial score (nSPS) is 9.17. The van der Waals surface area contributed by atoms with Crippen molar-refractivity contribution in [2.24, 2.45) is 0 Å². The van der Waals surface area contributed by atoms with Gasteiger partial charge in [-0.2, -0.15) is 0 Å². The molecular formula is C15H14Cl4N4Zr. The Balaban J connectivity index is 0. The molecule has 0 saturated carbocycles. The van der Waals surface area contributed by atoms with Crippen LogP contribution in [0.5, 0.6) is 0 Å². The molecule has 0 unspecified atom stereocenters. The Morgan fingerprint density at radius 3 is 1.38 bits per heavy atom. The van der Waals surface area contributed by atoms with Crippen molar-refractivity contribution >= 4 is 29.1 Å². The number of hydrogen-bond donors (Lipinski definition) is 2. The van der Waals surface area contributed by atoms with Gasteiger partial charge in [0.05, 0.1) is 0 Å². The summed E-state index contributed by atoms with van der Waals surface area (Å²) in [7, 11) is 0. The summed E-state index contributed by atoms with van der Waals surface area (Å²) in [5, 5.41) is 0. The second kappa shape index (κ2) is 11.1. The molecule has 0 amide bonds. The van der Waals surface area contributed by atoms with Crippen molar-refractivity contribution in [1.82, 2.24) is 19.9 Å². The van der Waals surface area contributed by atoms with Crippen LogP contribution in [0, 0.1) is 0 Å². The van der Waals surface area contributed by atoms with E-state index in [1.54, 1.807) is 0 Å². The number of halogens is 4. The molecule has 126 valence electrons. The SMILES string of the molecule is C.[Cl-].[Cl-].[Cl-].[Cl-].c1ccc2[nH][c]([Zr+4][c]3nc4ccccc4[nH]3)nc2c1. The van der Waals surface area contributed by atoms with Gasteiger partial charge in [-0.3, -0.25) is 0 Å². The molecule has 9 heteroatoms. The van der Waals surface area contributed by atoms with Crippen LogP contribution in [-0.2, 0) is 23.2 Å². The first-order chi connectivity index (χ1) is 9.38. The Labute approximate surface area is 176 Å². The van der Waals surface area contributed by atoms with Gasteiger partial charge in [-0.15, -0.1) is 0 Å². The number of nitrogens with zero attached hydrogens (tertiary/aromatic N) is 2. The van der Waals surface area contributed by atoms with Crippen molar-refractivity contribution < 1.29 is 72.9 Å². The Bertz CT molecular complexity index is 740. The van der Waals surface area contributed by atoms with Gasteiger partial charge in [0.25, 0.3) is 0 Å². The molecule has 4 aromatic rings. The molecule has 0 bridgehead atoms. The molecule has 0 aliphatic carbocycles.